The van der Waals surface area contributed by atoms with Crippen LogP contribution >= 0.6 is 15.9 Å². The number of benzene rings is 1. The van der Waals surface area contributed by atoms with E-state index < -0.39 is 5.54 Å². The third-order valence-corrected chi connectivity index (χ3v) is 4.44. The van der Waals surface area contributed by atoms with E-state index in [0.717, 1.165) is 47.1 Å². The second-order valence-corrected chi connectivity index (χ2v) is 6.28. The van der Waals surface area contributed by atoms with E-state index in [1.54, 1.807) is 6.33 Å². The summed E-state index contributed by atoms with van der Waals surface area (Å²) in [5.41, 5.74) is 6.61. The Bertz CT molecular complexity index is 626. The zero-order valence-electron chi connectivity index (χ0n) is 11.1. The lowest BCUT2D eigenvalue weighted by atomic mass is 9.89. The fraction of sp³-hybridized carbons (Fsp3) is 0.429. The number of hydrogen-bond donors (Lipinski definition) is 2. The maximum absolute atomic E-state index is 9.34. The largest absolute Gasteiger partial charge is 0.394 e. The van der Waals surface area contributed by atoms with Crippen molar-refractivity contribution in [3.8, 4) is 0 Å². The standard InChI is InChI=1S/C14H17BrN4O/c15-10-1-2-12-11(7-10)13(18-9-17-12)19-5-3-14(16,8-20)4-6-19/h1-2,7,9,20H,3-6,8,16H2. The number of anilines is 1. The van der Waals surface area contributed by atoms with Crippen LogP contribution in [0.5, 0.6) is 0 Å². The Morgan fingerprint density at radius 3 is 2.75 bits per heavy atom. The molecule has 1 fully saturated rings. The molecule has 1 saturated heterocycles. The lowest BCUT2D eigenvalue weighted by Crippen LogP contribution is -2.53. The molecule has 0 unspecified atom stereocenters. The summed E-state index contributed by atoms with van der Waals surface area (Å²) < 4.78 is 1.02. The van der Waals surface area contributed by atoms with Gasteiger partial charge in [-0.15, -0.1) is 0 Å². The molecule has 0 amide bonds. The number of aliphatic hydroxyl groups excluding tert-OH is 1. The van der Waals surface area contributed by atoms with Crippen molar-refractivity contribution >= 4 is 32.7 Å². The van der Waals surface area contributed by atoms with Gasteiger partial charge in [0, 0.05) is 28.5 Å². The van der Waals surface area contributed by atoms with Gasteiger partial charge >= 0.3 is 0 Å². The number of fused-ring (bicyclic) bond motifs is 1. The van der Waals surface area contributed by atoms with Crippen molar-refractivity contribution in [1.29, 1.82) is 0 Å². The predicted molar refractivity (Wildman–Crippen MR) is 82.7 cm³/mol. The topological polar surface area (TPSA) is 75.3 Å². The van der Waals surface area contributed by atoms with E-state index >= 15 is 0 Å². The Hall–Kier alpha value is -1.24. The molecule has 1 aromatic heterocycles. The molecule has 0 spiro atoms. The van der Waals surface area contributed by atoms with Gasteiger partial charge in [-0.3, -0.25) is 0 Å². The van der Waals surface area contributed by atoms with Crippen LogP contribution in [0.4, 0.5) is 5.82 Å². The Balaban J connectivity index is 1.93. The van der Waals surface area contributed by atoms with E-state index in [4.69, 9.17) is 5.73 Å². The van der Waals surface area contributed by atoms with Crippen molar-refractivity contribution in [3.63, 3.8) is 0 Å². The second-order valence-electron chi connectivity index (χ2n) is 5.37. The molecule has 3 N–H and O–H groups in total. The average molecular weight is 337 g/mol. The number of nitrogens with two attached hydrogens (primary N) is 1. The highest BCUT2D eigenvalue weighted by Gasteiger charge is 2.30. The van der Waals surface area contributed by atoms with Crippen LogP contribution in [0.25, 0.3) is 10.9 Å². The first-order valence-corrected chi connectivity index (χ1v) is 7.46. The number of piperidine rings is 1. The fourth-order valence-electron chi connectivity index (χ4n) is 2.59. The van der Waals surface area contributed by atoms with Gasteiger partial charge in [0.05, 0.1) is 12.1 Å². The minimum Gasteiger partial charge on any atom is -0.394 e. The molecule has 0 saturated carbocycles. The summed E-state index contributed by atoms with van der Waals surface area (Å²) in [5.74, 6) is 0.941. The van der Waals surface area contributed by atoms with Gasteiger partial charge in [-0.1, -0.05) is 15.9 Å². The first-order valence-electron chi connectivity index (χ1n) is 6.66. The third kappa shape index (κ3) is 2.51. The van der Waals surface area contributed by atoms with Gasteiger partial charge in [0.2, 0.25) is 0 Å². The molecular formula is C14H17BrN4O. The van der Waals surface area contributed by atoms with Crippen LogP contribution in [0.3, 0.4) is 0 Å². The molecule has 1 aliphatic rings. The molecule has 6 heteroatoms. The zero-order valence-corrected chi connectivity index (χ0v) is 12.7. The third-order valence-electron chi connectivity index (χ3n) is 3.95. The molecule has 0 atom stereocenters. The van der Waals surface area contributed by atoms with Gasteiger partial charge in [0.25, 0.3) is 0 Å². The quantitative estimate of drug-likeness (QED) is 0.872. The Morgan fingerprint density at radius 1 is 1.30 bits per heavy atom. The van der Waals surface area contributed by atoms with Crippen molar-refractivity contribution in [1.82, 2.24) is 9.97 Å². The summed E-state index contributed by atoms with van der Waals surface area (Å²) in [6.45, 7) is 1.64. The van der Waals surface area contributed by atoms with Gasteiger partial charge in [0.15, 0.2) is 0 Å². The SMILES string of the molecule is NC1(CO)CCN(c2ncnc3ccc(Br)cc23)CC1. The molecule has 3 rings (SSSR count). The van der Waals surface area contributed by atoms with Gasteiger partial charge in [-0.05, 0) is 31.0 Å². The molecular weight excluding hydrogens is 320 g/mol. The van der Waals surface area contributed by atoms with Crippen molar-refractivity contribution in [2.75, 3.05) is 24.6 Å². The second kappa shape index (κ2) is 5.27. The van der Waals surface area contributed by atoms with Crippen LogP contribution < -0.4 is 10.6 Å². The Labute approximate surface area is 125 Å². The van der Waals surface area contributed by atoms with Crippen LogP contribution in [0, 0.1) is 0 Å². The first kappa shape index (κ1) is 13.7. The first-order chi connectivity index (χ1) is 9.61. The smallest absolute Gasteiger partial charge is 0.139 e. The molecule has 1 aromatic carbocycles. The van der Waals surface area contributed by atoms with Crippen molar-refractivity contribution < 1.29 is 5.11 Å². The molecule has 1 aliphatic heterocycles. The van der Waals surface area contributed by atoms with Crippen molar-refractivity contribution in [3.05, 3.63) is 29.0 Å². The minimum atomic E-state index is -0.445. The molecule has 106 valence electrons. The molecule has 0 bridgehead atoms. The average Bonchev–Trinajstić information content (AvgIpc) is 2.48. The van der Waals surface area contributed by atoms with Crippen molar-refractivity contribution in [2.45, 2.75) is 18.4 Å². The van der Waals surface area contributed by atoms with Crippen LogP contribution in [0.15, 0.2) is 29.0 Å². The summed E-state index contributed by atoms with van der Waals surface area (Å²) >= 11 is 3.49. The van der Waals surface area contributed by atoms with Gasteiger partial charge in [-0.25, -0.2) is 9.97 Å². The van der Waals surface area contributed by atoms with Crippen molar-refractivity contribution in [2.24, 2.45) is 5.73 Å². The van der Waals surface area contributed by atoms with Gasteiger partial charge in [-0.2, -0.15) is 0 Å². The van der Waals surface area contributed by atoms with E-state index in [1.165, 1.54) is 0 Å². The summed E-state index contributed by atoms with van der Waals surface area (Å²) in [7, 11) is 0. The lowest BCUT2D eigenvalue weighted by molar-refractivity contribution is 0.170. The van der Waals surface area contributed by atoms with E-state index in [1.807, 2.05) is 18.2 Å². The number of hydrogen-bond acceptors (Lipinski definition) is 5. The number of halogens is 1. The maximum Gasteiger partial charge on any atom is 0.139 e. The molecule has 0 radical (unpaired) electrons. The van der Waals surface area contributed by atoms with E-state index in [-0.39, 0.29) is 6.61 Å². The van der Waals surface area contributed by atoms with E-state index in [9.17, 15) is 5.11 Å². The maximum atomic E-state index is 9.34. The Morgan fingerprint density at radius 2 is 2.05 bits per heavy atom. The fourth-order valence-corrected chi connectivity index (χ4v) is 2.95. The highest BCUT2D eigenvalue weighted by atomic mass is 79.9. The van der Waals surface area contributed by atoms with E-state index in [0.29, 0.717) is 0 Å². The number of aliphatic hydroxyl groups is 1. The van der Waals surface area contributed by atoms with Crippen LogP contribution in [0.2, 0.25) is 0 Å². The Kier molecular flexibility index (Phi) is 3.62. The predicted octanol–water partition coefficient (Wildman–Crippen LogP) is 1.68. The zero-order chi connectivity index (χ0) is 14.2. The monoisotopic (exact) mass is 336 g/mol. The molecule has 2 aromatic rings. The molecule has 5 nitrogen and oxygen atoms in total. The minimum absolute atomic E-state index is 0.0386. The van der Waals surface area contributed by atoms with Crippen LogP contribution in [-0.2, 0) is 0 Å². The summed E-state index contributed by atoms with van der Waals surface area (Å²) in [6.07, 6.45) is 3.13. The number of aromatic nitrogens is 2. The highest BCUT2D eigenvalue weighted by molar-refractivity contribution is 9.10. The van der Waals surface area contributed by atoms with E-state index in [2.05, 4.69) is 30.8 Å². The molecule has 2 heterocycles. The lowest BCUT2D eigenvalue weighted by Gasteiger charge is -2.38. The summed E-state index contributed by atoms with van der Waals surface area (Å²) in [6, 6.07) is 6.00. The molecule has 0 aliphatic carbocycles. The summed E-state index contributed by atoms with van der Waals surface area (Å²) in [5, 5.41) is 10.4. The van der Waals surface area contributed by atoms with Gasteiger partial charge in [0.1, 0.15) is 12.1 Å². The highest BCUT2D eigenvalue weighted by Crippen LogP contribution is 2.29. The number of nitrogens with zero attached hydrogens (tertiary/aromatic N) is 3. The summed E-state index contributed by atoms with van der Waals surface area (Å²) in [4.78, 5) is 11.0. The normalized spacial score (nSPS) is 18.4. The van der Waals surface area contributed by atoms with Crippen LogP contribution in [-0.4, -0.2) is 40.3 Å². The number of rotatable bonds is 2. The van der Waals surface area contributed by atoms with Crippen LogP contribution in [0.1, 0.15) is 12.8 Å². The molecule has 20 heavy (non-hydrogen) atoms. The van der Waals surface area contributed by atoms with Gasteiger partial charge < -0.3 is 15.7 Å².